The number of carbonyl (C=O) groups is 1. The number of carbonyl (C=O) groups excluding carboxylic acids is 1. The summed E-state index contributed by atoms with van der Waals surface area (Å²) in [4.78, 5) is 11.4. The van der Waals surface area contributed by atoms with E-state index in [1.54, 1.807) is 26.4 Å². The quantitative estimate of drug-likeness (QED) is 0.744. The van der Waals surface area contributed by atoms with Gasteiger partial charge in [0.1, 0.15) is 5.75 Å². The predicted octanol–water partition coefficient (Wildman–Crippen LogP) is 1.46. The van der Waals surface area contributed by atoms with Gasteiger partial charge in [0.2, 0.25) is 0 Å². The monoisotopic (exact) mass is 224 g/mol. The van der Waals surface area contributed by atoms with Crippen LogP contribution in [0.2, 0.25) is 0 Å². The second-order valence-corrected chi connectivity index (χ2v) is 3.11. The normalized spacial score (nSPS) is 9.62. The van der Waals surface area contributed by atoms with Crippen molar-refractivity contribution < 1.29 is 14.3 Å². The fourth-order valence-electron chi connectivity index (χ4n) is 1.14. The number of methoxy groups -OCH3 is 2. The van der Waals surface area contributed by atoms with E-state index in [0.29, 0.717) is 24.6 Å². The lowest BCUT2D eigenvalue weighted by Crippen LogP contribution is -2.31. The maximum absolute atomic E-state index is 11.4. The molecule has 0 fully saturated rings. The summed E-state index contributed by atoms with van der Waals surface area (Å²) in [6.07, 6.45) is 0. The topological polar surface area (TPSA) is 59.6 Å². The van der Waals surface area contributed by atoms with Crippen LogP contribution in [-0.4, -0.2) is 33.4 Å². The summed E-state index contributed by atoms with van der Waals surface area (Å²) >= 11 is 0. The van der Waals surface area contributed by atoms with Gasteiger partial charge in [-0.2, -0.15) is 0 Å². The molecular weight excluding hydrogens is 208 g/mol. The molecule has 0 bridgehead atoms. The lowest BCUT2D eigenvalue weighted by atomic mass is 10.3. The summed E-state index contributed by atoms with van der Waals surface area (Å²) in [5.74, 6) is 0.703. The van der Waals surface area contributed by atoms with Crippen molar-refractivity contribution in [1.82, 2.24) is 5.32 Å². The van der Waals surface area contributed by atoms with E-state index >= 15 is 0 Å². The zero-order chi connectivity index (χ0) is 11.8. The van der Waals surface area contributed by atoms with Crippen molar-refractivity contribution in [2.75, 3.05) is 32.7 Å². The molecule has 2 amide bonds. The molecule has 0 saturated carbocycles. The third-order valence-corrected chi connectivity index (χ3v) is 1.92. The molecule has 0 aliphatic carbocycles. The van der Waals surface area contributed by atoms with Gasteiger partial charge in [0.25, 0.3) is 0 Å². The van der Waals surface area contributed by atoms with E-state index in [9.17, 15) is 4.79 Å². The third-order valence-electron chi connectivity index (χ3n) is 1.92. The maximum atomic E-state index is 11.4. The van der Waals surface area contributed by atoms with Gasteiger partial charge >= 0.3 is 6.03 Å². The molecule has 2 N–H and O–H groups in total. The first-order chi connectivity index (χ1) is 7.76. The zero-order valence-electron chi connectivity index (χ0n) is 9.45. The molecule has 1 rings (SSSR count). The molecule has 16 heavy (non-hydrogen) atoms. The van der Waals surface area contributed by atoms with Crippen LogP contribution in [0.4, 0.5) is 10.5 Å². The molecule has 0 unspecified atom stereocenters. The Kier molecular flexibility index (Phi) is 5.15. The van der Waals surface area contributed by atoms with E-state index in [1.807, 2.05) is 12.1 Å². The Labute approximate surface area is 94.7 Å². The molecule has 5 nitrogen and oxygen atoms in total. The summed E-state index contributed by atoms with van der Waals surface area (Å²) in [6, 6.07) is 6.90. The highest BCUT2D eigenvalue weighted by molar-refractivity contribution is 5.89. The van der Waals surface area contributed by atoms with Crippen LogP contribution in [0.15, 0.2) is 24.3 Å². The van der Waals surface area contributed by atoms with E-state index in [0.717, 1.165) is 0 Å². The molecule has 0 radical (unpaired) electrons. The number of urea groups is 1. The Hall–Kier alpha value is -1.75. The van der Waals surface area contributed by atoms with Gasteiger partial charge in [-0.1, -0.05) is 6.07 Å². The van der Waals surface area contributed by atoms with E-state index in [4.69, 9.17) is 9.47 Å². The van der Waals surface area contributed by atoms with Crippen molar-refractivity contribution in [2.24, 2.45) is 0 Å². The number of hydrogen-bond donors (Lipinski definition) is 2. The van der Waals surface area contributed by atoms with Gasteiger partial charge in [-0.3, -0.25) is 0 Å². The molecular formula is C11H16N2O3. The van der Waals surface area contributed by atoms with Crippen LogP contribution >= 0.6 is 0 Å². The first-order valence-corrected chi connectivity index (χ1v) is 4.94. The Balaban J connectivity index is 2.43. The summed E-state index contributed by atoms with van der Waals surface area (Å²) in [5.41, 5.74) is 0.689. The van der Waals surface area contributed by atoms with Gasteiger partial charge in [-0.25, -0.2) is 4.79 Å². The largest absolute Gasteiger partial charge is 0.497 e. The van der Waals surface area contributed by atoms with Crippen molar-refractivity contribution in [3.05, 3.63) is 24.3 Å². The number of amides is 2. The van der Waals surface area contributed by atoms with Gasteiger partial charge < -0.3 is 20.1 Å². The average molecular weight is 224 g/mol. The van der Waals surface area contributed by atoms with Gasteiger partial charge in [-0.05, 0) is 12.1 Å². The summed E-state index contributed by atoms with van der Waals surface area (Å²) < 4.78 is 9.86. The highest BCUT2D eigenvalue weighted by Gasteiger charge is 2.01. The van der Waals surface area contributed by atoms with Crippen molar-refractivity contribution in [3.8, 4) is 5.75 Å². The molecule has 5 heteroatoms. The number of anilines is 1. The second-order valence-electron chi connectivity index (χ2n) is 3.11. The minimum atomic E-state index is -0.259. The maximum Gasteiger partial charge on any atom is 0.319 e. The van der Waals surface area contributed by atoms with Crippen molar-refractivity contribution in [3.63, 3.8) is 0 Å². The Morgan fingerprint density at radius 1 is 1.38 bits per heavy atom. The Bertz CT molecular complexity index is 342. The van der Waals surface area contributed by atoms with E-state index in [2.05, 4.69) is 10.6 Å². The van der Waals surface area contributed by atoms with E-state index in [1.165, 1.54) is 0 Å². The number of nitrogens with one attached hydrogen (secondary N) is 2. The first-order valence-electron chi connectivity index (χ1n) is 4.94. The highest BCUT2D eigenvalue weighted by Crippen LogP contribution is 2.16. The number of benzene rings is 1. The molecule has 0 aliphatic heterocycles. The van der Waals surface area contributed by atoms with Crippen LogP contribution in [0, 0.1) is 0 Å². The molecule has 0 atom stereocenters. The highest BCUT2D eigenvalue weighted by atomic mass is 16.5. The van der Waals surface area contributed by atoms with Crippen LogP contribution in [0.1, 0.15) is 0 Å². The van der Waals surface area contributed by atoms with Gasteiger partial charge in [0.15, 0.2) is 0 Å². The molecule has 0 saturated heterocycles. The van der Waals surface area contributed by atoms with Crippen LogP contribution in [0.3, 0.4) is 0 Å². The van der Waals surface area contributed by atoms with Gasteiger partial charge in [0.05, 0.1) is 13.7 Å². The Morgan fingerprint density at radius 2 is 2.19 bits per heavy atom. The van der Waals surface area contributed by atoms with Crippen LogP contribution < -0.4 is 15.4 Å². The van der Waals surface area contributed by atoms with Gasteiger partial charge in [-0.15, -0.1) is 0 Å². The van der Waals surface area contributed by atoms with Gasteiger partial charge in [0, 0.05) is 25.4 Å². The summed E-state index contributed by atoms with van der Waals surface area (Å²) in [5, 5.41) is 5.34. The van der Waals surface area contributed by atoms with Crippen molar-refractivity contribution >= 4 is 11.7 Å². The van der Waals surface area contributed by atoms with E-state index < -0.39 is 0 Å². The summed E-state index contributed by atoms with van der Waals surface area (Å²) in [6.45, 7) is 0.970. The molecule has 88 valence electrons. The predicted molar refractivity (Wildman–Crippen MR) is 61.9 cm³/mol. The summed E-state index contributed by atoms with van der Waals surface area (Å²) in [7, 11) is 3.17. The molecule has 0 aliphatic rings. The molecule has 1 aromatic carbocycles. The SMILES string of the molecule is COCCNC(=O)Nc1cccc(OC)c1. The lowest BCUT2D eigenvalue weighted by Gasteiger charge is -2.08. The van der Waals surface area contributed by atoms with E-state index in [-0.39, 0.29) is 6.03 Å². The minimum Gasteiger partial charge on any atom is -0.497 e. The molecule has 1 aromatic rings. The van der Waals surface area contributed by atoms with Crippen molar-refractivity contribution in [2.45, 2.75) is 0 Å². The fraction of sp³-hybridized carbons (Fsp3) is 0.364. The molecule has 0 spiro atoms. The van der Waals surface area contributed by atoms with Crippen LogP contribution in [0.5, 0.6) is 5.75 Å². The number of ether oxygens (including phenoxy) is 2. The number of rotatable bonds is 5. The minimum absolute atomic E-state index is 0.259. The average Bonchev–Trinajstić information content (AvgIpc) is 2.29. The zero-order valence-corrected chi connectivity index (χ0v) is 9.45. The standard InChI is InChI=1S/C11H16N2O3/c1-15-7-6-12-11(14)13-9-4-3-5-10(8-9)16-2/h3-5,8H,6-7H2,1-2H3,(H2,12,13,14). The Morgan fingerprint density at radius 3 is 2.88 bits per heavy atom. The molecule has 0 aromatic heterocycles. The van der Waals surface area contributed by atoms with Crippen LogP contribution in [0.25, 0.3) is 0 Å². The number of hydrogen-bond acceptors (Lipinski definition) is 3. The van der Waals surface area contributed by atoms with Crippen LogP contribution in [-0.2, 0) is 4.74 Å². The first kappa shape index (κ1) is 12.3. The second kappa shape index (κ2) is 6.68. The smallest absolute Gasteiger partial charge is 0.319 e. The lowest BCUT2D eigenvalue weighted by molar-refractivity contribution is 0.198. The fourth-order valence-corrected chi connectivity index (χ4v) is 1.14. The molecule has 0 heterocycles. The van der Waals surface area contributed by atoms with Crippen molar-refractivity contribution in [1.29, 1.82) is 0 Å². The third kappa shape index (κ3) is 4.18.